The van der Waals surface area contributed by atoms with Crippen LogP contribution in [0.5, 0.6) is 0 Å². The highest BCUT2D eigenvalue weighted by molar-refractivity contribution is 5.25. The second kappa shape index (κ2) is 7.41. The summed E-state index contributed by atoms with van der Waals surface area (Å²) >= 11 is 0. The van der Waals surface area contributed by atoms with E-state index in [-0.39, 0.29) is 0 Å². The maximum absolute atomic E-state index is 5.10. The van der Waals surface area contributed by atoms with Crippen LogP contribution in [0, 0.1) is 17.8 Å². The number of hydrogen-bond acceptors (Lipinski definition) is 3. The summed E-state index contributed by atoms with van der Waals surface area (Å²) in [5, 5.41) is 3.46. The van der Waals surface area contributed by atoms with Crippen molar-refractivity contribution < 1.29 is 4.74 Å². The molecule has 0 aliphatic carbocycles. The smallest absolute Gasteiger partial charge is 0.202 e. The highest BCUT2D eigenvalue weighted by Crippen LogP contribution is 2.20. The van der Waals surface area contributed by atoms with Crippen molar-refractivity contribution in [1.29, 1.82) is 0 Å². The lowest BCUT2D eigenvalue weighted by Gasteiger charge is -2.25. The van der Waals surface area contributed by atoms with Crippen molar-refractivity contribution in [1.82, 2.24) is 9.55 Å². The number of hydrogen-bond donors (Lipinski definition) is 1. The molecule has 4 heteroatoms. The highest BCUT2D eigenvalue weighted by Gasteiger charge is 2.17. The number of methoxy groups -OCH3 is 1. The molecule has 0 radical (unpaired) electrons. The van der Waals surface area contributed by atoms with Crippen LogP contribution >= 0.6 is 0 Å². The van der Waals surface area contributed by atoms with Crippen molar-refractivity contribution >= 4 is 5.95 Å². The number of rotatable bonds is 8. The van der Waals surface area contributed by atoms with E-state index in [1.165, 1.54) is 0 Å². The number of imidazole rings is 1. The number of nitrogens with zero attached hydrogens (tertiary/aromatic N) is 2. The van der Waals surface area contributed by atoms with Gasteiger partial charge in [0.05, 0.1) is 6.61 Å². The quantitative estimate of drug-likeness (QED) is 0.774. The SMILES string of the molecule is COCCn1ccnc1NCC(C(C)C)C(C)C. The number of nitrogens with one attached hydrogen (secondary N) is 1. The fourth-order valence-corrected chi connectivity index (χ4v) is 2.30. The van der Waals surface area contributed by atoms with E-state index in [9.17, 15) is 0 Å². The van der Waals surface area contributed by atoms with E-state index in [2.05, 4.69) is 42.6 Å². The average Bonchev–Trinajstić information content (AvgIpc) is 2.73. The van der Waals surface area contributed by atoms with Gasteiger partial charge in [-0.05, 0) is 17.8 Å². The Morgan fingerprint density at radius 2 is 1.94 bits per heavy atom. The van der Waals surface area contributed by atoms with Gasteiger partial charge in [-0.15, -0.1) is 0 Å². The van der Waals surface area contributed by atoms with E-state index in [4.69, 9.17) is 4.74 Å². The van der Waals surface area contributed by atoms with E-state index in [0.717, 1.165) is 19.0 Å². The molecule has 0 aromatic carbocycles. The number of ether oxygens (including phenoxy) is 1. The van der Waals surface area contributed by atoms with Crippen LogP contribution in [0.15, 0.2) is 12.4 Å². The Labute approximate surface area is 111 Å². The molecule has 0 bridgehead atoms. The zero-order valence-corrected chi connectivity index (χ0v) is 12.3. The molecule has 0 saturated carbocycles. The normalized spacial score (nSPS) is 11.8. The number of aromatic nitrogens is 2. The molecule has 0 saturated heterocycles. The van der Waals surface area contributed by atoms with Gasteiger partial charge in [0.15, 0.2) is 0 Å². The first-order chi connectivity index (χ1) is 8.56. The first-order valence-electron chi connectivity index (χ1n) is 6.80. The minimum atomic E-state index is 0.664. The molecule has 0 amide bonds. The Morgan fingerprint density at radius 1 is 1.28 bits per heavy atom. The summed E-state index contributed by atoms with van der Waals surface area (Å²) < 4.78 is 7.19. The maximum Gasteiger partial charge on any atom is 0.202 e. The first kappa shape index (κ1) is 15.0. The van der Waals surface area contributed by atoms with Gasteiger partial charge in [0.1, 0.15) is 0 Å². The van der Waals surface area contributed by atoms with Gasteiger partial charge in [-0.3, -0.25) is 0 Å². The fourth-order valence-electron chi connectivity index (χ4n) is 2.30. The lowest BCUT2D eigenvalue weighted by Crippen LogP contribution is -2.25. The van der Waals surface area contributed by atoms with Crippen molar-refractivity contribution in [2.75, 3.05) is 25.6 Å². The van der Waals surface area contributed by atoms with Crippen molar-refractivity contribution in [3.05, 3.63) is 12.4 Å². The van der Waals surface area contributed by atoms with Crippen LogP contribution in [0.4, 0.5) is 5.95 Å². The summed E-state index contributed by atoms with van der Waals surface area (Å²) in [6, 6.07) is 0. The zero-order chi connectivity index (χ0) is 13.5. The Morgan fingerprint density at radius 3 is 2.50 bits per heavy atom. The molecule has 0 atom stereocenters. The molecule has 0 fully saturated rings. The van der Waals surface area contributed by atoms with Crippen molar-refractivity contribution in [3.8, 4) is 0 Å². The summed E-state index contributed by atoms with van der Waals surface area (Å²) in [5.41, 5.74) is 0. The Bertz CT molecular complexity index is 326. The molecule has 1 aromatic rings. The average molecular weight is 253 g/mol. The highest BCUT2D eigenvalue weighted by atomic mass is 16.5. The van der Waals surface area contributed by atoms with Crippen molar-refractivity contribution in [2.45, 2.75) is 34.2 Å². The van der Waals surface area contributed by atoms with E-state index in [1.807, 2.05) is 12.4 Å². The van der Waals surface area contributed by atoms with E-state index in [0.29, 0.717) is 24.4 Å². The molecule has 0 spiro atoms. The van der Waals surface area contributed by atoms with Gasteiger partial charge >= 0.3 is 0 Å². The van der Waals surface area contributed by atoms with Crippen LogP contribution in [0.2, 0.25) is 0 Å². The molecule has 1 rings (SSSR count). The molecule has 1 N–H and O–H groups in total. The Balaban J connectivity index is 2.54. The second-order valence-electron chi connectivity index (χ2n) is 5.47. The van der Waals surface area contributed by atoms with Crippen LogP contribution in [-0.4, -0.2) is 29.8 Å². The van der Waals surface area contributed by atoms with Crippen LogP contribution in [0.1, 0.15) is 27.7 Å². The molecule has 0 aliphatic heterocycles. The van der Waals surface area contributed by atoms with E-state index < -0.39 is 0 Å². The summed E-state index contributed by atoms with van der Waals surface area (Å²) in [5.74, 6) is 2.97. The van der Waals surface area contributed by atoms with Gasteiger partial charge in [0, 0.05) is 32.6 Å². The predicted octanol–water partition coefficient (Wildman–Crippen LogP) is 2.87. The monoisotopic (exact) mass is 253 g/mol. The molecule has 1 aromatic heterocycles. The van der Waals surface area contributed by atoms with Crippen LogP contribution < -0.4 is 5.32 Å². The van der Waals surface area contributed by atoms with E-state index >= 15 is 0 Å². The van der Waals surface area contributed by atoms with Gasteiger partial charge in [0.2, 0.25) is 5.95 Å². The van der Waals surface area contributed by atoms with Crippen LogP contribution in [0.3, 0.4) is 0 Å². The molecule has 1 heterocycles. The molecule has 18 heavy (non-hydrogen) atoms. The Hall–Kier alpha value is -1.03. The summed E-state index contributed by atoms with van der Waals surface area (Å²) in [7, 11) is 1.72. The summed E-state index contributed by atoms with van der Waals surface area (Å²) in [4.78, 5) is 4.36. The zero-order valence-electron chi connectivity index (χ0n) is 12.3. The molecular formula is C14H27N3O. The minimum absolute atomic E-state index is 0.664. The summed E-state index contributed by atoms with van der Waals surface area (Å²) in [6.45, 7) is 11.6. The second-order valence-corrected chi connectivity index (χ2v) is 5.47. The molecule has 0 aliphatic rings. The van der Waals surface area contributed by atoms with Gasteiger partial charge < -0.3 is 14.6 Å². The lowest BCUT2D eigenvalue weighted by molar-refractivity contribution is 0.187. The molecule has 4 nitrogen and oxygen atoms in total. The molecule has 0 unspecified atom stereocenters. The lowest BCUT2D eigenvalue weighted by atomic mass is 9.85. The molecule has 104 valence electrons. The van der Waals surface area contributed by atoms with Crippen molar-refractivity contribution in [3.63, 3.8) is 0 Å². The number of anilines is 1. The first-order valence-corrected chi connectivity index (χ1v) is 6.80. The third kappa shape index (κ3) is 4.33. The van der Waals surface area contributed by atoms with Crippen LogP contribution in [-0.2, 0) is 11.3 Å². The topological polar surface area (TPSA) is 39.1 Å². The van der Waals surface area contributed by atoms with Gasteiger partial charge in [-0.1, -0.05) is 27.7 Å². The third-order valence-corrected chi connectivity index (χ3v) is 3.46. The predicted molar refractivity (Wildman–Crippen MR) is 75.8 cm³/mol. The summed E-state index contributed by atoms with van der Waals surface area (Å²) in [6.07, 6.45) is 3.82. The Kier molecular flexibility index (Phi) is 6.19. The largest absolute Gasteiger partial charge is 0.383 e. The maximum atomic E-state index is 5.10. The standard InChI is InChI=1S/C14H27N3O/c1-11(2)13(12(3)4)10-16-14-15-6-7-17(14)8-9-18-5/h6-7,11-13H,8-10H2,1-5H3,(H,15,16). The molecular weight excluding hydrogens is 226 g/mol. The van der Waals surface area contributed by atoms with Gasteiger partial charge in [-0.25, -0.2) is 4.98 Å². The van der Waals surface area contributed by atoms with Crippen molar-refractivity contribution in [2.24, 2.45) is 17.8 Å². The van der Waals surface area contributed by atoms with Gasteiger partial charge in [-0.2, -0.15) is 0 Å². The third-order valence-electron chi connectivity index (χ3n) is 3.46. The van der Waals surface area contributed by atoms with Gasteiger partial charge in [0.25, 0.3) is 0 Å². The van der Waals surface area contributed by atoms with Crippen LogP contribution in [0.25, 0.3) is 0 Å². The van der Waals surface area contributed by atoms with E-state index in [1.54, 1.807) is 7.11 Å². The fraction of sp³-hybridized carbons (Fsp3) is 0.786. The minimum Gasteiger partial charge on any atom is -0.383 e.